The number of hydrazine groups is 1. The SMILES string of the molecule is CNN(CC(F)(F)F)C(=N)c1nc2c(s1)CCOc1cc(Br)ccc1-2. The van der Waals surface area contributed by atoms with Gasteiger partial charge in [0.05, 0.1) is 12.3 Å². The van der Waals surface area contributed by atoms with Gasteiger partial charge in [-0.1, -0.05) is 15.9 Å². The molecule has 10 heteroatoms. The number of fused-ring (bicyclic) bond motifs is 3. The molecule has 0 unspecified atom stereocenters. The van der Waals surface area contributed by atoms with E-state index >= 15 is 0 Å². The summed E-state index contributed by atoms with van der Waals surface area (Å²) >= 11 is 4.61. The van der Waals surface area contributed by atoms with Crippen LogP contribution in [0.25, 0.3) is 11.3 Å². The van der Waals surface area contributed by atoms with Crippen LogP contribution in [-0.2, 0) is 6.42 Å². The standard InChI is InChI=1S/C15H14BrF3N4OS/c1-21-23(7-15(17,18)19)13(20)14-22-12-9-3-2-8(16)6-10(9)24-5-4-11(12)25-14/h2-3,6,20-21H,4-5,7H2,1H3. The number of hydrogen-bond acceptors (Lipinski definition) is 5. The number of benzene rings is 1. The van der Waals surface area contributed by atoms with Crippen molar-refractivity contribution in [3.05, 3.63) is 32.6 Å². The largest absolute Gasteiger partial charge is 0.492 e. The van der Waals surface area contributed by atoms with Crippen molar-refractivity contribution >= 4 is 33.1 Å². The summed E-state index contributed by atoms with van der Waals surface area (Å²) in [4.78, 5) is 5.32. The number of thiazole rings is 1. The molecular formula is C15H14BrF3N4OS. The van der Waals surface area contributed by atoms with Crippen molar-refractivity contribution < 1.29 is 17.9 Å². The number of amidine groups is 1. The van der Waals surface area contributed by atoms with Crippen LogP contribution in [0, 0.1) is 5.41 Å². The Morgan fingerprint density at radius 1 is 1.48 bits per heavy atom. The summed E-state index contributed by atoms with van der Waals surface area (Å²) in [6.45, 7) is -0.817. The lowest BCUT2D eigenvalue weighted by Crippen LogP contribution is -2.46. The number of aromatic nitrogens is 1. The van der Waals surface area contributed by atoms with Crippen molar-refractivity contribution in [1.29, 1.82) is 5.41 Å². The number of nitrogens with one attached hydrogen (secondary N) is 2. The van der Waals surface area contributed by atoms with E-state index < -0.39 is 12.7 Å². The molecule has 1 aromatic heterocycles. The van der Waals surface area contributed by atoms with Crippen LogP contribution in [-0.4, -0.2) is 42.2 Å². The number of ether oxygens (including phenoxy) is 1. The van der Waals surface area contributed by atoms with Gasteiger partial charge >= 0.3 is 6.18 Å². The van der Waals surface area contributed by atoms with Crippen molar-refractivity contribution in [1.82, 2.24) is 15.4 Å². The summed E-state index contributed by atoms with van der Waals surface area (Å²) < 4.78 is 44.6. The molecule has 2 heterocycles. The van der Waals surface area contributed by atoms with E-state index in [-0.39, 0.29) is 10.8 Å². The number of rotatable bonds is 3. The van der Waals surface area contributed by atoms with Gasteiger partial charge in [0.1, 0.15) is 12.3 Å². The molecule has 2 N–H and O–H groups in total. The molecule has 1 aliphatic heterocycles. The predicted octanol–water partition coefficient (Wildman–Crippen LogP) is 3.83. The molecule has 1 aromatic carbocycles. The van der Waals surface area contributed by atoms with Gasteiger partial charge in [0, 0.05) is 28.4 Å². The van der Waals surface area contributed by atoms with Crippen molar-refractivity contribution in [2.75, 3.05) is 20.2 Å². The fourth-order valence-electron chi connectivity index (χ4n) is 2.46. The van der Waals surface area contributed by atoms with Crippen LogP contribution in [0.2, 0.25) is 0 Å². The minimum absolute atomic E-state index is 0.236. The molecule has 0 atom stereocenters. The Morgan fingerprint density at radius 2 is 2.24 bits per heavy atom. The van der Waals surface area contributed by atoms with Crippen LogP contribution in [0.4, 0.5) is 13.2 Å². The second kappa shape index (κ2) is 6.93. The highest BCUT2D eigenvalue weighted by atomic mass is 79.9. The van der Waals surface area contributed by atoms with Gasteiger partial charge in [0.2, 0.25) is 0 Å². The van der Waals surface area contributed by atoms with Crippen LogP contribution in [0.15, 0.2) is 22.7 Å². The zero-order chi connectivity index (χ0) is 18.2. The molecule has 0 saturated carbocycles. The van der Waals surface area contributed by atoms with E-state index in [1.165, 1.54) is 18.4 Å². The molecule has 25 heavy (non-hydrogen) atoms. The summed E-state index contributed by atoms with van der Waals surface area (Å²) in [5.74, 6) is 0.356. The van der Waals surface area contributed by atoms with Gasteiger partial charge in [-0.05, 0) is 18.2 Å². The van der Waals surface area contributed by atoms with E-state index in [4.69, 9.17) is 10.1 Å². The normalized spacial score (nSPS) is 13.5. The summed E-state index contributed by atoms with van der Waals surface area (Å²) in [6.07, 6.45) is -3.83. The fraction of sp³-hybridized carbons (Fsp3) is 0.333. The first-order valence-corrected chi connectivity index (χ1v) is 8.92. The quantitative estimate of drug-likeness (QED) is 0.437. The van der Waals surface area contributed by atoms with Gasteiger partial charge in [-0.15, -0.1) is 11.3 Å². The second-order valence-electron chi connectivity index (χ2n) is 5.30. The Kier molecular flexibility index (Phi) is 5.03. The van der Waals surface area contributed by atoms with Crippen LogP contribution in [0.3, 0.4) is 0 Å². The monoisotopic (exact) mass is 434 g/mol. The average Bonchev–Trinajstić information content (AvgIpc) is 2.88. The highest BCUT2D eigenvalue weighted by Gasteiger charge is 2.33. The van der Waals surface area contributed by atoms with Gasteiger partial charge in [-0.3, -0.25) is 10.4 Å². The predicted molar refractivity (Wildman–Crippen MR) is 93.1 cm³/mol. The lowest BCUT2D eigenvalue weighted by Gasteiger charge is -2.23. The third-order valence-corrected chi connectivity index (χ3v) is 5.18. The van der Waals surface area contributed by atoms with Crippen molar-refractivity contribution in [3.63, 3.8) is 0 Å². The molecule has 0 bridgehead atoms. The van der Waals surface area contributed by atoms with E-state index in [1.54, 1.807) is 0 Å². The fourth-order valence-corrected chi connectivity index (χ4v) is 3.82. The summed E-state index contributed by atoms with van der Waals surface area (Å²) in [6, 6.07) is 5.53. The van der Waals surface area contributed by atoms with E-state index in [1.807, 2.05) is 18.2 Å². The van der Waals surface area contributed by atoms with Crippen molar-refractivity contribution in [2.24, 2.45) is 0 Å². The van der Waals surface area contributed by atoms with Crippen LogP contribution < -0.4 is 10.2 Å². The summed E-state index contributed by atoms with van der Waals surface area (Å²) in [7, 11) is 1.35. The maximum atomic E-state index is 12.7. The first kappa shape index (κ1) is 18.2. The van der Waals surface area contributed by atoms with Crippen molar-refractivity contribution in [3.8, 4) is 17.0 Å². The minimum Gasteiger partial charge on any atom is -0.492 e. The molecule has 5 nitrogen and oxygen atoms in total. The smallest absolute Gasteiger partial charge is 0.407 e. The van der Waals surface area contributed by atoms with Gasteiger partial charge < -0.3 is 4.74 Å². The minimum atomic E-state index is -4.42. The maximum absolute atomic E-state index is 12.7. The number of halogens is 4. The molecule has 134 valence electrons. The second-order valence-corrected chi connectivity index (χ2v) is 7.30. The molecule has 3 rings (SSSR count). The first-order chi connectivity index (χ1) is 11.8. The Morgan fingerprint density at radius 3 is 2.92 bits per heavy atom. The maximum Gasteiger partial charge on any atom is 0.407 e. The topological polar surface area (TPSA) is 61.2 Å². The first-order valence-electron chi connectivity index (χ1n) is 7.31. The summed E-state index contributed by atoms with van der Waals surface area (Å²) in [5, 5.41) is 9.06. The zero-order valence-corrected chi connectivity index (χ0v) is 15.5. The van der Waals surface area contributed by atoms with E-state index in [9.17, 15) is 13.2 Å². The molecule has 0 amide bonds. The zero-order valence-electron chi connectivity index (χ0n) is 13.1. The van der Waals surface area contributed by atoms with Crippen molar-refractivity contribution in [2.45, 2.75) is 12.6 Å². The number of nitrogens with zero attached hydrogens (tertiary/aromatic N) is 2. The third kappa shape index (κ3) is 3.96. The van der Waals surface area contributed by atoms with Gasteiger partial charge in [-0.2, -0.15) is 13.2 Å². The van der Waals surface area contributed by atoms with Crippen LogP contribution in [0.5, 0.6) is 5.75 Å². The van der Waals surface area contributed by atoms with Gasteiger partial charge in [0.25, 0.3) is 0 Å². The van der Waals surface area contributed by atoms with Gasteiger partial charge in [0.15, 0.2) is 10.8 Å². The molecule has 0 saturated heterocycles. The highest BCUT2D eigenvalue weighted by molar-refractivity contribution is 9.10. The Labute approximate surface area is 154 Å². The molecule has 2 aromatic rings. The van der Waals surface area contributed by atoms with E-state index in [0.717, 1.165) is 19.9 Å². The summed E-state index contributed by atoms with van der Waals surface area (Å²) in [5.41, 5.74) is 3.84. The third-order valence-electron chi connectivity index (χ3n) is 3.56. The number of alkyl halides is 3. The molecule has 0 aliphatic carbocycles. The Hall–Kier alpha value is -1.65. The average molecular weight is 435 g/mol. The molecule has 0 spiro atoms. The molecular weight excluding hydrogens is 421 g/mol. The van der Waals surface area contributed by atoms with Crippen LogP contribution >= 0.6 is 27.3 Å². The highest BCUT2D eigenvalue weighted by Crippen LogP contribution is 2.39. The number of hydrogen-bond donors (Lipinski definition) is 2. The molecule has 0 fully saturated rings. The lowest BCUT2D eigenvalue weighted by atomic mass is 10.1. The lowest BCUT2D eigenvalue weighted by molar-refractivity contribution is -0.141. The Bertz CT molecular complexity index is 809. The van der Waals surface area contributed by atoms with E-state index in [2.05, 4.69) is 26.3 Å². The molecule has 0 radical (unpaired) electrons. The van der Waals surface area contributed by atoms with Crippen LogP contribution in [0.1, 0.15) is 9.88 Å². The van der Waals surface area contributed by atoms with E-state index in [0.29, 0.717) is 24.5 Å². The Balaban J connectivity index is 1.96. The van der Waals surface area contributed by atoms with Gasteiger partial charge in [-0.25, -0.2) is 10.4 Å². The molecule has 1 aliphatic rings.